The van der Waals surface area contributed by atoms with E-state index in [2.05, 4.69) is 19.2 Å². The van der Waals surface area contributed by atoms with Gasteiger partial charge in [0.05, 0.1) is 18.8 Å². The lowest BCUT2D eigenvalue weighted by molar-refractivity contribution is -0.140. The number of nitrogens with one attached hydrogen (secondary N) is 1. The smallest absolute Gasteiger partial charge is 0.336 e. The molecule has 2 aliphatic rings. The molecule has 1 heterocycles. The third-order valence-corrected chi connectivity index (χ3v) is 5.48. The maximum atomic E-state index is 13.2. The Morgan fingerprint density at radius 1 is 1.23 bits per heavy atom. The molecule has 0 radical (unpaired) electrons. The van der Waals surface area contributed by atoms with Crippen molar-refractivity contribution in [2.75, 3.05) is 26.9 Å². The molecule has 1 aliphatic heterocycles. The molecule has 1 N–H and O–H groups in total. The van der Waals surface area contributed by atoms with Crippen LogP contribution in [0.4, 0.5) is 0 Å². The molecular formula is C24H31NO5. The highest BCUT2D eigenvalue weighted by atomic mass is 16.6. The summed E-state index contributed by atoms with van der Waals surface area (Å²) in [6.45, 7) is 8.98. The van der Waals surface area contributed by atoms with Crippen molar-refractivity contribution in [1.29, 1.82) is 0 Å². The average Bonchev–Trinajstić information content (AvgIpc) is 2.66. The zero-order valence-electron chi connectivity index (χ0n) is 18.5. The van der Waals surface area contributed by atoms with Gasteiger partial charge in [-0.25, -0.2) is 4.79 Å². The van der Waals surface area contributed by atoms with Gasteiger partial charge in [0.15, 0.2) is 5.78 Å². The molecular weight excluding hydrogens is 382 g/mol. The number of methoxy groups -OCH3 is 1. The number of dihydropyridines is 1. The monoisotopic (exact) mass is 413 g/mol. The van der Waals surface area contributed by atoms with Crippen molar-refractivity contribution >= 4 is 11.8 Å². The van der Waals surface area contributed by atoms with E-state index < -0.39 is 11.9 Å². The molecule has 0 unspecified atom stereocenters. The fraction of sp³-hybridized carbons (Fsp3) is 0.500. The first-order valence-electron chi connectivity index (χ1n) is 10.4. The van der Waals surface area contributed by atoms with E-state index in [1.54, 1.807) is 7.11 Å². The van der Waals surface area contributed by atoms with E-state index in [1.807, 2.05) is 38.1 Å². The number of esters is 1. The molecule has 6 nitrogen and oxygen atoms in total. The van der Waals surface area contributed by atoms with Crippen LogP contribution >= 0.6 is 0 Å². The molecule has 3 rings (SSSR count). The van der Waals surface area contributed by atoms with E-state index in [1.165, 1.54) is 0 Å². The molecule has 1 atom stereocenters. The maximum Gasteiger partial charge on any atom is 0.336 e. The van der Waals surface area contributed by atoms with Gasteiger partial charge in [0.2, 0.25) is 0 Å². The van der Waals surface area contributed by atoms with Gasteiger partial charge in [-0.2, -0.15) is 0 Å². The van der Waals surface area contributed by atoms with Crippen LogP contribution in [0.15, 0.2) is 46.8 Å². The van der Waals surface area contributed by atoms with E-state index in [0.717, 1.165) is 17.7 Å². The highest BCUT2D eigenvalue weighted by molar-refractivity contribution is 6.04. The highest BCUT2D eigenvalue weighted by Gasteiger charge is 2.43. The molecule has 0 saturated heterocycles. The summed E-state index contributed by atoms with van der Waals surface area (Å²) in [6, 6.07) is 7.62. The molecule has 6 heteroatoms. The second kappa shape index (κ2) is 9.04. The topological polar surface area (TPSA) is 73.9 Å². The summed E-state index contributed by atoms with van der Waals surface area (Å²) < 4.78 is 16.1. The molecule has 0 bridgehead atoms. The minimum atomic E-state index is -0.486. The molecule has 162 valence electrons. The van der Waals surface area contributed by atoms with E-state index >= 15 is 0 Å². The predicted molar refractivity (Wildman–Crippen MR) is 114 cm³/mol. The first kappa shape index (κ1) is 22.1. The number of ether oxygens (including phenoxy) is 3. The Hall–Kier alpha value is -2.60. The summed E-state index contributed by atoms with van der Waals surface area (Å²) in [5, 5.41) is 3.34. The number of hydrogen-bond acceptors (Lipinski definition) is 6. The molecule has 1 aromatic carbocycles. The predicted octanol–water partition coefficient (Wildman–Crippen LogP) is 3.88. The minimum absolute atomic E-state index is 0.0651. The zero-order chi connectivity index (χ0) is 21.9. The standard InChI is InChI=1S/C24H31NO5/c1-6-29-17-9-7-8-16(12-17)21-20(23(27)30-11-10-28-5)15(2)25-18-13-24(3,4)14-19(26)22(18)21/h7-9,12,21,25H,6,10-11,13-14H2,1-5H3/t21-/m0/s1. The van der Waals surface area contributed by atoms with Crippen molar-refractivity contribution in [2.45, 2.75) is 46.5 Å². The van der Waals surface area contributed by atoms with Crippen molar-refractivity contribution in [3.63, 3.8) is 0 Å². The van der Waals surface area contributed by atoms with Gasteiger partial charge in [0.25, 0.3) is 0 Å². The number of ketones is 1. The van der Waals surface area contributed by atoms with Gasteiger partial charge in [-0.3, -0.25) is 4.79 Å². The van der Waals surface area contributed by atoms with Crippen molar-refractivity contribution in [3.05, 3.63) is 52.4 Å². The number of rotatable bonds is 7. The van der Waals surface area contributed by atoms with Gasteiger partial charge in [-0.15, -0.1) is 0 Å². The molecule has 0 amide bonds. The van der Waals surface area contributed by atoms with Crippen LogP contribution in [0.25, 0.3) is 0 Å². The number of carbonyl (C=O) groups is 2. The summed E-state index contributed by atoms with van der Waals surface area (Å²) in [4.78, 5) is 26.3. The van der Waals surface area contributed by atoms with E-state index in [4.69, 9.17) is 14.2 Å². The molecule has 30 heavy (non-hydrogen) atoms. The highest BCUT2D eigenvalue weighted by Crippen LogP contribution is 2.47. The first-order valence-corrected chi connectivity index (χ1v) is 10.4. The number of carbonyl (C=O) groups excluding carboxylic acids is 2. The summed E-state index contributed by atoms with van der Waals surface area (Å²) in [5.41, 5.74) is 3.46. The normalized spacial score (nSPS) is 20.6. The lowest BCUT2D eigenvalue weighted by atomic mass is 9.68. The quantitative estimate of drug-likeness (QED) is 0.540. The Balaban J connectivity index is 2.09. The minimum Gasteiger partial charge on any atom is -0.494 e. The molecule has 1 aromatic rings. The van der Waals surface area contributed by atoms with Crippen molar-refractivity contribution in [2.24, 2.45) is 5.41 Å². The van der Waals surface area contributed by atoms with E-state index in [-0.39, 0.29) is 17.8 Å². The van der Waals surface area contributed by atoms with Crippen LogP contribution < -0.4 is 10.1 Å². The van der Waals surface area contributed by atoms with Gasteiger partial charge in [0, 0.05) is 36.4 Å². The summed E-state index contributed by atoms with van der Waals surface area (Å²) in [6.07, 6.45) is 1.19. The average molecular weight is 414 g/mol. The third-order valence-electron chi connectivity index (χ3n) is 5.48. The van der Waals surface area contributed by atoms with Crippen molar-refractivity contribution in [1.82, 2.24) is 5.32 Å². The lowest BCUT2D eigenvalue weighted by Crippen LogP contribution is -2.38. The van der Waals surface area contributed by atoms with Gasteiger partial charge in [-0.1, -0.05) is 26.0 Å². The van der Waals surface area contributed by atoms with Crippen LogP contribution in [0.2, 0.25) is 0 Å². The van der Waals surface area contributed by atoms with Crippen LogP contribution in [0.3, 0.4) is 0 Å². The summed E-state index contributed by atoms with van der Waals surface area (Å²) >= 11 is 0. The number of hydrogen-bond donors (Lipinski definition) is 1. The second-order valence-corrected chi connectivity index (χ2v) is 8.56. The van der Waals surface area contributed by atoms with Crippen molar-refractivity contribution in [3.8, 4) is 5.75 Å². The molecule has 1 aliphatic carbocycles. The lowest BCUT2D eigenvalue weighted by Gasteiger charge is -2.39. The van der Waals surface area contributed by atoms with Crippen LogP contribution in [0.1, 0.15) is 52.0 Å². The first-order chi connectivity index (χ1) is 14.3. The Labute approximate surface area is 178 Å². The molecule has 0 saturated carbocycles. The SMILES string of the molecule is CCOc1cccc([C@H]2C(C(=O)OCCOC)=C(C)NC3=C2C(=O)CC(C)(C)C3)c1. The van der Waals surface area contributed by atoms with Gasteiger partial charge >= 0.3 is 5.97 Å². The number of Topliss-reactive ketones (excluding diaryl/α,β-unsaturated/α-hetero) is 1. The molecule has 0 spiro atoms. The zero-order valence-corrected chi connectivity index (χ0v) is 18.5. The Morgan fingerprint density at radius 3 is 2.70 bits per heavy atom. The Kier molecular flexibility index (Phi) is 6.66. The van der Waals surface area contributed by atoms with Gasteiger partial charge in [-0.05, 0) is 43.4 Å². The summed E-state index contributed by atoms with van der Waals surface area (Å²) in [5.74, 6) is -0.146. The fourth-order valence-electron chi connectivity index (χ4n) is 4.29. The Bertz CT molecular complexity index is 897. The van der Waals surface area contributed by atoms with Crippen molar-refractivity contribution < 1.29 is 23.8 Å². The number of allylic oxidation sites excluding steroid dienone is 3. The van der Waals surface area contributed by atoms with Gasteiger partial charge < -0.3 is 19.5 Å². The van der Waals surface area contributed by atoms with E-state index in [9.17, 15) is 9.59 Å². The second-order valence-electron chi connectivity index (χ2n) is 8.56. The van der Waals surface area contributed by atoms with Crippen LogP contribution in [0.5, 0.6) is 5.75 Å². The summed E-state index contributed by atoms with van der Waals surface area (Å²) in [7, 11) is 1.56. The third kappa shape index (κ3) is 4.59. The van der Waals surface area contributed by atoms with Crippen LogP contribution in [-0.2, 0) is 19.1 Å². The molecule has 0 fully saturated rings. The maximum absolute atomic E-state index is 13.2. The van der Waals surface area contributed by atoms with Crippen LogP contribution in [-0.4, -0.2) is 38.7 Å². The largest absolute Gasteiger partial charge is 0.494 e. The fourth-order valence-corrected chi connectivity index (χ4v) is 4.29. The van der Waals surface area contributed by atoms with Gasteiger partial charge in [0.1, 0.15) is 12.4 Å². The van der Waals surface area contributed by atoms with E-state index in [0.29, 0.717) is 42.2 Å². The Morgan fingerprint density at radius 2 is 2.00 bits per heavy atom. The van der Waals surface area contributed by atoms with Crippen LogP contribution in [0, 0.1) is 5.41 Å². The molecule has 0 aromatic heterocycles. The number of benzene rings is 1.